The number of carbonyl (C=O) groups is 1. The lowest BCUT2D eigenvalue weighted by molar-refractivity contribution is -0.140. The molecule has 0 radical (unpaired) electrons. The minimum absolute atomic E-state index is 0. The number of hydrogen-bond donors (Lipinski definition) is 1. The van der Waals surface area contributed by atoms with Gasteiger partial charge in [0.1, 0.15) is 0 Å². The van der Waals surface area contributed by atoms with Gasteiger partial charge in [-0.05, 0) is 26.2 Å². The van der Waals surface area contributed by atoms with Crippen LogP contribution >= 0.6 is 24.0 Å². The molecule has 0 aromatic heterocycles. The molecule has 1 aliphatic heterocycles. The second-order valence-corrected chi connectivity index (χ2v) is 6.29. The molecule has 0 aromatic rings. The monoisotopic (exact) mass is 485 g/mol. The molecule has 1 N–H and O–H groups in total. The van der Waals surface area contributed by atoms with Gasteiger partial charge in [-0.1, -0.05) is 6.42 Å². The zero-order valence-corrected chi connectivity index (χ0v) is 18.8. The summed E-state index contributed by atoms with van der Waals surface area (Å²) in [6, 6.07) is 0. The smallest absolute Gasteiger partial charge is 0.305 e. The second kappa shape index (κ2) is 16.6. The standard InChI is InChI=1S/C18H35N3O4.HI/c1-4-19-18(20-10-7-5-6-8-17(22)24-3)21-11-9-16(14-21)15-25-13-12-23-2;/h16H,4-15H2,1-3H3,(H,19,20);1H. The Morgan fingerprint density at radius 1 is 1.23 bits per heavy atom. The molecule has 154 valence electrons. The fourth-order valence-corrected chi connectivity index (χ4v) is 2.82. The summed E-state index contributed by atoms with van der Waals surface area (Å²) in [5.41, 5.74) is 0. The van der Waals surface area contributed by atoms with Gasteiger partial charge < -0.3 is 24.4 Å². The molecular formula is C18H36IN3O4. The third-order valence-electron chi connectivity index (χ3n) is 4.23. The van der Waals surface area contributed by atoms with Gasteiger partial charge in [-0.2, -0.15) is 0 Å². The molecule has 0 spiro atoms. The third-order valence-corrected chi connectivity index (χ3v) is 4.23. The van der Waals surface area contributed by atoms with Crippen LogP contribution in [0.2, 0.25) is 0 Å². The number of aliphatic imine (C=N–C) groups is 1. The molecule has 1 unspecified atom stereocenters. The molecule has 1 saturated heterocycles. The van der Waals surface area contributed by atoms with Crippen LogP contribution in [0.3, 0.4) is 0 Å². The summed E-state index contributed by atoms with van der Waals surface area (Å²) < 4.78 is 15.3. The highest BCUT2D eigenvalue weighted by Gasteiger charge is 2.24. The number of nitrogens with zero attached hydrogens (tertiary/aromatic N) is 2. The number of likely N-dealkylation sites (tertiary alicyclic amines) is 1. The fraction of sp³-hybridized carbons (Fsp3) is 0.889. The first-order chi connectivity index (χ1) is 12.2. The molecule has 1 heterocycles. The van der Waals surface area contributed by atoms with Crippen LogP contribution in [-0.4, -0.2) is 77.0 Å². The first kappa shape index (κ1) is 25.4. The topological polar surface area (TPSA) is 72.4 Å². The van der Waals surface area contributed by atoms with E-state index >= 15 is 0 Å². The van der Waals surface area contributed by atoms with Gasteiger partial charge in [0.25, 0.3) is 0 Å². The molecule has 0 amide bonds. The number of rotatable bonds is 12. The van der Waals surface area contributed by atoms with E-state index in [0.29, 0.717) is 25.6 Å². The molecule has 1 rings (SSSR count). The van der Waals surface area contributed by atoms with Crippen LogP contribution in [-0.2, 0) is 19.0 Å². The minimum Gasteiger partial charge on any atom is -0.469 e. The van der Waals surface area contributed by atoms with Crippen LogP contribution in [0.4, 0.5) is 0 Å². The maximum absolute atomic E-state index is 11.1. The summed E-state index contributed by atoms with van der Waals surface area (Å²) in [5, 5.41) is 3.38. The largest absolute Gasteiger partial charge is 0.469 e. The molecule has 7 nitrogen and oxygen atoms in total. The van der Waals surface area contributed by atoms with Crippen LogP contribution in [0, 0.1) is 5.92 Å². The van der Waals surface area contributed by atoms with E-state index in [9.17, 15) is 4.79 Å². The van der Waals surface area contributed by atoms with Crippen molar-refractivity contribution in [1.29, 1.82) is 0 Å². The number of esters is 1. The maximum Gasteiger partial charge on any atom is 0.305 e. The lowest BCUT2D eigenvalue weighted by Crippen LogP contribution is -2.40. The van der Waals surface area contributed by atoms with Crippen molar-refractivity contribution >= 4 is 35.9 Å². The van der Waals surface area contributed by atoms with Crippen LogP contribution in [0.1, 0.15) is 39.0 Å². The van der Waals surface area contributed by atoms with Crippen molar-refractivity contribution in [3.63, 3.8) is 0 Å². The molecule has 8 heteroatoms. The summed E-state index contributed by atoms with van der Waals surface area (Å²) in [6.45, 7) is 7.85. The number of unbranched alkanes of at least 4 members (excludes halogenated alkanes) is 2. The molecule has 1 atom stereocenters. The van der Waals surface area contributed by atoms with Gasteiger partial charge in [0.2, 0.25) is 0 Å². The van der Waals surface area contributed by atoms with E-state index in [1.165, 1.54) is 7.11 Å². The zero-order valence-electron chi connectivity index (χ0n) is 16.5. The molecule has 0 aromatic carbocycles. The molecule has 0 aliphatic carbocycles. The first-order valence-electron chi connectivity index (χ1n) is 9.38. The number of guanidine groups is 1. The van der Waals surface area contributed by atoms with Crippen molar-refractivity contribution in [2.45, 2.75) is 39.0 Å². The molecule has 1 fully saturated rings. The lowest BCUT2D eigenvalue weighted by atomic mass is 10.1. The van der Waals surface area contributed by atoms with Crippen LogP contribution in [0.5, 0.6) is 0 Å². The van der Waals surface area contributed by atoms with Gasteiger partial charge in [-0.25, -0.2) is 0 Å². The van der Waals surface area contributed by atoms with E-state index in [1.807, 2.05) is 0 Å². The lowest BCUT2D eigenvalue weighted by Gasteiger charge is -2.21. The van der Waals surface area contributed by atoms with Gasteiger partial charge in [-0.15, -0.1) is 24.0 Å². The Balaban J connectivity index is 0.00000625. The quantitative estimate of drug-likeness (QED) is 0.150. The molecular weight excluding hydrogens is 449 g/mol. The predicted octanol–water partition coefficient (Wildman–Crippen LogP) is 2.29. The molecule has 1 aliphatic rings. The fourth-order valence-electron chi connectivity index (χ4n) is 2.82. The number of ether oxygens (including phenoxy) is 3. The van der Waals surface area contributed by atoms with Gasteiger partial charge in [0.05, 0.1) is 26.9 Å². The Morgan fingerprint density at radius 3 is 2.73 bits per heavy atom. The summed E-state index contributed by atoms with van der Waals surface area (Å²) in [7, 11) is 3.12. The summed E-state index contributed by atoms with van der Waals surface area (Å²) in [6.07, 6.45) is 4.48. The molecule has 0 saturated carbocycles. The van der Waals surface area contributed by atoms with Crippen molar-refractivity contribution in [2.75, 3.05) is 60.2 Å². The van der Waals surface area contributed by atoms with E-state index in [2.05, 4.69) is 21.9 Å². The Kier molecular flexibility index (Phi) is 16.2. The third kappa shape index (κ3) is 11.2. The van der Waals surface area contributed by atoms with E-state index in [0.717, 1.165) is 64.4 Å². The Bertz CT molecular complexity index is 397. The van der Waals surface area contributed by atoms with Crippen molar-refractivity contribution < 1.29 is 19.0 Å². The second-order valence-electron chi connectivity index (χ2n) is 6.29. The van der Waals surface area contributed by atoms with Gasteiger partial charge >= 0.3 is 5.97 Å². The van der Waals surface area contributed by atoms with E-state index in [4.69, 9.17) is 14.5 Å². The highest BCUT2D eigenvalue weighted by Crippen LogP contribution is 2.16. The summed E-state index contributed by atoms with van der Waals surface area (Å²) in [5.74, 6) is 1.42. The Labute approximate surface area is 175 Å². The highest BCUT2D eigenvalue weighted by molar-refractivity contribution is 14.0. The Morgan fingerprint density at radius 2 is 2.04 bits per heavy atom. The van der Waals surface area contributed by atoms with Crippen LogP contribution in [0.25, 0.3) is 0 Å². The number of methoxy groups -OCH3 is 2. The normalized spacial score (nSPS) is 17.1. The average molecular weight is 485 g/mol. The number of halogens is 1. The number of hydrogen-bond acceptors (Lipinski definition) is 5. The first-order valence-corrected chi connectivity index (χ1v) is 9.38. The predicted molar refractivity (Wildman–Crippen MR) is 114 cm³/mol. The van der Waals surface area contributed by atoms with E-state index in [-0.39, 0.29) is 29.9 Å². The molecule has 26 heavy (non-hydrogen) atoms. The van der Waals surface area contributed by atoms with Gasteiger partial charge in [0, 0.05) is 45.6 Å². The van der Waals surface area contributed by atoms with Crippen molar-refractivity contribution in [1.82, 2.24) is 10.2 Å². The number of carbonyl (C=O) groups excluding carboxylic acids is 1. The van der Waals surface area contributed by atoms with Gasteiger partial charge in [-0.3, -0.25) is 9.79 Å². The molecule has 0 bridgehead atoms. The zero-order chi connectivity index (χ0) is 18.3. The average Bonchev–Trinajstić information content (AvgIpc) is 3.09. The van der Waals surface area contributed by atoms with Crippen LogP contribution in [0.15, 0.2) is 4.99 Å². The van der Waals surface area contributed by atoms with E-state index in [1.54, 1.807) is 7.11 Å². The van der Waals surface area contributed by atoms with Crippen molar-refractivity contribution in [3.05, 3.63) is 0 Å². The summed E-state index contributed by atoms with van der Waals surface area (Å²) >= 11 is 0. The maximum atomic E-state index is 11.1. The van der Waals surface area contributed by atoms with Crippen LogP contribution < -0.4 is 5.32 Å². The van der Waals surface area contributed by atoms with Crippen molar-refractivity contribution in [3.8, 4) is 0 Å². The van der Waals surface area contributed by atoms with Crippen molar-refractivity contribution in [2.24, 2.45) is 10.9 Å². The SMILES string of the molecule is CCNC(=NCCCCCC(=O)OC)N1CCC(COCCOC)C1.I. The highest BCUT2D eigenvalue weighted by atomic mass is 127. The van der Waals surface area contributed by atoms with E-state index < -0.39 is 0 Å². The minimum atomic E-state index is -0.132. The summed E-state index contributed by atoms with van der Waals surface area (Å²) in [4.78, 5) is 18.1. The van der Waals surface area contributed by atoms with Gasteiger partial charge in [0.15, 0.2) is 5.96 Å². The number of nitrogens with one attached hydrogen (secondary N) is 1. The Hall–Kier alpha value is -0.610.